The Morgan fingerprint density at radius 2 is 2.15 bits per heavy atom. The lowest BCUT2D eigenvalue weighted by Gasteiger charge is -2.24. The molecule has 0 amide bonds. The summed E-state index contributed by atoms with van der Waals surface area (Å²) in [4.78, 5) is 4.42. The van der Waals surface area contributed by atoms with E-state index in [4.69, 9.17) is 0 Å². The van der Waals surface area contributed by atoms with Gasteiger partial charge < -0.3 is 0 Å². The predicted octanol–water partition coefficient (Wildman–Crippen LogP) is 3.92. The van der Waals surface area contributed by atoms with Gasteiger partial charge in [-0.15, -0.1) is 0 Å². The van der Waals surface area contributed by atoms with E-state index in [2.05, 4.69) is 47.8 Å². The van der Waals surface area contributed by atoms with Gasteiger partial charge >= 0.3 is 0 Å². The maximum absolute atomic E-state index is 4.42. The van der Waals surface area contributed by atoms with Crippen molar-refractivity contribution >= 4 is 15.9 Å². The van der Waals surface area contributed by atoms with E-state index in [1.807, 2.05) is 12.3 Å². The largest absolute Gasteiger partial charge is 0.260 e. The molecule has 1 rings (SSSR count). The third kappa shape index (κ3) is 2.53. The van der Waals surface area contributed by atoms with Crippen molar-refractivity contribution in [1.29, 1.82) is 0 Å². The van der Waals surface area contributed by atoms with Crippen LogP contribution in [0.3, 0.4) is 0 Å². The van der Waals surface area contributed by atoms with Crippen LogP contribution in [0.25, 0.3) is 0 Å². The van der Waals surface area contributed by atoms with Gasteiger partial charge in [0, 0.05) is 16.1 Å². The predicted molar refractivity (Wildman–Crippen MR) is 59.9 cm³/mol. The first-order valence-corrected chi connectivity index (χ1v) is 5.48. The Labute approximate surface area is 88.7 Å². The number of halogens is 1. The number of hydrogen-bond donors (Lipinski definition) is 0. The Balaban J connectivity index is 2.99. The summed E-state index contributed by atoms with van der Waals surface area (Å²) in [6.45, 7) is 6.69. The average Bonchev–Trinajstić information content (AvgIpc) is 2.04. The van der Waals surface area contributed by atoms with E-state index < -0.39 is 0 Å². The van der Waals surface area contributed by atoms with Gasteiger partial charge in [-0.05, 0) is 34.5 Å². The molecule has 0 saturated carbocycles. The lowest BCUT2D eigenvalue weighted by Crippen LogP contribution is -2.18. The van der Waals surface area contributed by atoms with Crippen molar-refractivity contribution in [2.75, 3.05) is 0 Å². The molecule has 0 N–H and O–H groups in total. The highest BCUT2D eigenvalue weighted by Gasteiger charge is 2.22. The first kappa shape index (κ1) is 10.7. The first-order chi connectivity index (χ1) is 6.08. The van der Waals surface area contributed by atoms with E-state index >= 15 is 0 Å². The fourth-order valence-corrected chi connectivity index (χ4v) is 2.42. The third-order valence-electron chi connectivity index (χ3n) is 2.27. The van der Waals surface area contributed by atoms with Crippen molar-refractivity contribution in [2.24, 2.45) is 0 Å². The molecule has 13 heavy (non-hydrogen) atoms. The van der Waals surface area contributed by atoms with Crippen molar-refractivity contribution < 1.29 is 0 Å². The number of rotatable bonds is 3. The molecule has 2 heteroatoms. The van der Waals surface area contributed by atoms with Gasteiger partial charge in [0.15, 0.2) is 0 Å². The van der Waals surface area contributed by atoms with Gasteiger partial charge in [-0.2, -0.15) is 0 Å². The average molecular weight is 242 g/mol. The molecule has 1 nitrogen and oxygen atoms in total. The Kier molecular flexibility index (Phi) is 3.48. The van der Waals surface area contributed by atoms with E-state index in [-0.39, 0.29) is 5.41 Å². The number of pyridine rings is 1. The Morgan fingerprint density at radius 3 is 2.69 bits per heavy atom. The van der Waals surface area contributed by atoms with Crippen molar-refractivity contribution in [2.45, 2.75) is 39.0 Å². The zero-order valence-electron chi connectivity index (χ0n) is 8.47. The normalized spacial score (nSPS) is 11.7. The van der Waals surface area contributed by atoms with Gasteiger partial charge in [0.1, 0.15) is 0 Å². The van der Waals surface area contributed by atoms with Gasteiger partial charge in [0.25, 0.3) is 0 Å². The van der Waals surface area contributed by atoms with Crippen molar-refractivity contribution in [3.63, 3.8) is 0 Å². The van der Waals surface area contributed by atoms with E-state index in [1.54, 1.807) is 0 Å². The van der Waals surface area contributed by atoms with Crippen LogP contribution in [-0.4, -0.2) is 4.98 Å². The minimum Gasteiger partial charge on any atom is -0.260 e. The summed E-state index contributed by atoms with van der Waals surface area (Å²) in [6.07, 6.45) is 4.22. The molecule has 1 aromatic rings. The molecule has 0 aliphatic heterocycles. The molecular weight excluding hydrogens is 226 g/mol. The number of aromatic nitrogens is 1. The second kappa shape index (κ2) is 4.23. The van der Waals surface area contributed by atoms with Crippen LogP contribution in [0.5, 0.6) is 0 Å². The van der Waals surface area contributed by atoms with Crippen molar-refractivity contribution in [3.8, 4) is 0 Å². The zero-order chi connectivity index (χ0) is 9.90. The van der Waals surface area contributed by atoms with Crippen LogP contribution in [-0.2, 0) is 5.41 Å². The smallest absolute Gasteiger partial charge is 0.0601 e. The van der Waals surface area contributed by atoms with Crippen LogP contribution in [0.2, 0.25) is 0 Å². The standard InChI is InChI=1S/C11H16BrN/c1-4-7-11(2,3)10-9(12)6-5-8-13-10/h5-6,8H,4,7H2,1-3H3. The monoisotopic (exact) mass is 241 g/mol. The maximum Gasteiger partial charge on any atom is 0.0601 e. The minimum atomic E-state index is 0.175. The Hall–Kier alpha value is -0.370. The lowest BCUT2D eigenvalue weighted by molar-refractivity contribution is 0.457. The van der Waals surface area contributed by atoms with Crippen LogP contribution < -0.4 is 0 Å². The summed E-state index contributed by atoms with van der Waals surface area (Å²) in [7, 11) is 0. The molecule has 1 aromatic heterocycles. The third-order valence-corrected chi connectivity index (χ3v) is 2.91. The van der Waals surface area contributed by atoms with E-state index in [9.17, 15) is 0 Å². The molecule has 0 aliphatic carbocycles. The van der Waals surface area contributed by atoms with Crippen molar-refractivity contribution in [3.05, 3.63) is 28.5 Å². The Bertz CT molecular complexity index is 281. The molecule has 1 heterocycles. The second-order valence-corrected chi connectivity index (χ2v) is 4.82. The molecule has 0 aliphatic rings. The minimum absolute atomic E-state index is 0.175. The summed E-state index contributed by atoms with van der Waals surface area (Å²) < 4.78 is 1.12. The first-order valence-electron chi connectivity index (χ1n) is 4.69. The lowest BCUT2D eigenvalue weighted by atomic mass is 9.84. The summed E-state index contributed by atoms with van der Waals surface area (Å²) in [5, 5.41) is 0. The van der Waals surface area contributed by atoms with Crippen LogP contribution >= 0.6 is 15.9 Å². The van der Waals surface area contributed by atoms with Gasteiger partial charge in [0.2, 0.25) is 0 Å². The molecule has 0 spiro atoms. The molecule has 0 fully saturated rings. The van der Waals surface area contributed by atoms with Crippen molar-refractivity contribution in [1.82, 2.24) is 4.98 Å². The molecule has 0 bridgehead atoms. The Morgan fingerprint density at radius 1 is 1.46 bits per heavy atom. The molecular formula is C11H16BrN. The molecule has 0 unspecified atom stereocenters. The fourth-order valence-electron chi connectivity index (χ4n) is 1.63. The van der Waals surface area contributed by atoms with Gasteiger partial charge in [0.05, 0.1) is 5.69 Å². The van der Waals surface area contributed by atoms with Crippen LogP contribution in [0, 0.1) is 0 Å². The summed E-state index contributed by atoms with van der Waals surface area (Å²) in [5.74, 6) is 0. The molecule has 0 atom stereocenters. The maximum atomic E-state index is 4.42. The SMILES string of the molecule is CCCC(C)(C)c1ncccc1Br. The molecule has 0 aromatic carbocycles. The number of nitrogens with zero attached hydrogens (tertiary/aromatic N) is 1. The fraction of sp³-hybridized carbons (Fsp3) is 0.545. The van der Waals surface area contributed by atoms with Crippen LogP contribution in [0.15, 0.2) is 22.8 Å². The second-order valence-electron chi connectivity index (χ2n) is 3.97. The topological polar surface area (TPSA) is 12.9 Å². The van der Waals surface area contributed by atoms with E-state index in [0.717, 1.165) is 10.2 Å². The number of hydrogen-bond acceptors (Lipinski definition) is 1. The molecule has 0 saturated heterocycles. The van der Waals surface area contributed by atoms with Crippen LogP contribution in [0.1, 0.15) is 39.3 Å². The summed E-state index contributed by atoms with van der Waals surface area (Å²) in [6, 6.07) is 4.01. The highest BCUT2D eigenvalue weighted by Crippen LogP contribution is 2.31. The summed E-state index contributed by atoms with van der Waals surface area (Å²) in [5.41, 5.74) is 1.34. The van der Waals surface area contributed by atoms with Gasteiger partial charge in [-0.1, -0.05) is 27.2 Å². The van der Waals surface area contributed by atoms with Crippen LogP contribution in [0.4, 0.5) is 0 Å². The quantitative estimate of drug-likeness (QED) is 0.782. The van der Waals surface area contributed by atoms with Gasteiger partial charge in [-0.25, -0.2) is 0 Å². The highest BCUT2D eigenvalue weighted by atomic mass is 79.9. The van der Waals surface area contributed by atoms with E-state index in [0.29, 0.717) is 0 Å². The highest BCUT2D eigenvalue weighted by molar-refractivity contribution is 9.10. The zero-order valence-corrected chi connectivity index (χ0v) is 10.1. The summed E-state index contributed by atoms with van der Waals surface area (Å²) >= 11 is 3.54. The van der Waals surface area contributed by atoms with E-state index in [1.165, 1.54) is 12.8 Å². The van der Waals surface area contributed by atoms with Gasteiger partial charge in [-0.3, -0.25) is 4.98 Å². The molecule has 72 valence electrons. The molecule has 0 radical (unpaired) electrons.